The van der Waals surface area contributed by atoms with Crippen LogP contribution in [0, 0.1) is 6.92 Å². The molecular formula is C9H16ClN3. The molecule has 1 heterocycles. The SMILES string of the molecule is Cc1cc(CNC(C)CCl)n(C)n1. The Labute approximate surface area is 84.1 Å². The third-order valence-corrected chi connectivity index (χ3v) is 2.42. The van der Waals surface area contributed by atoms with Crippen molar-refractivity contribution in [2.75, 3.05) is 5.88 Å². The second-order valence-corrected chi connectivity index (χ2v) is 3.65. The average molecular weight is 202 g/mol. The average Bonchev–Trinajstić information content (AvgIpc) is 2.41. The van der Waals surface area contributed by atoms with Crippen molar-refractivity contribution in [3.05, 3.63) is 17.5 Å². The highest BCUT2D eigenvalue weighted by Crippen LogP contribution is 2.01. The van der Waals surface area contributed by atoms with Crippen LogP contribution in [0.15, 0.2) is 6.07 Å². The highest BCUT2D eigenvalue weighted by atomic mass is 35.5. The normalized spacial score (nSPS) is 13.2. The third kappa shape index (κ3) is 3.01. The zero-order chi connectivity index (χ0) is 9.84. The van der Waals surface area contributed by atoms with Crippen molar-refractivity contribution >= 4 is 11.6 Å². The van der Waals surface area contributed by atoms with Crippen LogP contribution in [0.25, 0.3) is 0 Å². The summed E-state index contributed by atoms with van der Waals surface area (Å²) in [7, 11) is 1.95. The zero-order valence-electron chi connectivity index (χ0n) is 8.34. The van der Waals surface area contributed by atoms with Crippen LogP contribution in [0.5, 0.6) is 0 Å². The van der Waals surface area contributed by atoms with Gasteiger partial charge in [0.25, 0.3) is 0 Å². The summed E-state index contributed by atoms with van der Waals surface area (Å²) in [6.45, 7) is 4.88. The van der Waals surface area contributed by atoms with E-state index in [0.29, 0.717) is 11.9 Å². The van der Waals surface area contributed by atoms with Gasteiger partial charge in [0.15, 0.2) is 0 Å². The van der Waals surface area contributed by atoms with Gasteiger partial charge < -0.3 is 5.32 Å². The molecule has 4 heteroatoms. The van der Waals surface area contributed by atoms with Crippen molar-refractivity contribution in [2.45, 2.75) is 26.4 Å². The minimum Gasteiger partial charge on any atom is -0.307 e. The molecule has 0 aliphatic rings. The minimum atomic E-state index is 0.344. The Morgan fingerprint density at radius 2 is 2.38 bits per heavy atom. The number of nitrogens with zero attached hydrogens (tertiary/aromatic N) is 2. The van der Waals surface area contributed by atoms with E-state index >= 15 is 0 Å². The van der Waals surface area contributed by atoms with Crippen LogP contribution in [-0.2, 0) is 13.6 Å². The van der Waals surface area contributed by atoms with Gasteiger partial charge in [-0.25, -0.2) is 0 Å². The van der Waals surface area contributed by atoms with E-state index in [-0.39, 0.29) is 0 Å². The van der Waals surface area contributed by atoms with Crippen LogP contribution >= 0.6 is 11.6 Å². The number of hydrogen-bond donors (Lipinski definition) is 1. The van der Waals surface area contributed by atoms with E-state index < -0.39 is 0 Å². The molecule has 0 aromatic carbocycles. The van der Waals surface area contributed by atoms with Crippen molar-refractivity contribution in [3.63, 3.8) is 0 Å². The van der Waals surface area contributed by atoms with E-state index in [9.17, 15) is 0 Å². The fraction of sp³-hybridized carbons (Fsp3) is 0.667. The van der Waals surface area contributed by atoms with Crippen LogP contribution < -0.4 is 5.32 Å². The first kappa shape index (κ1) is 10.5. The first-order chi connectivity index (χ1) is 6.13. The van der Waals surface area contributed by atoms with Crippen LogP contribution in [-0.4, -0.2) is 21.7 Å². The summed E-state index contributed by atoms with van der Waals surface area (Å²) in [5, 5.41) is 7.57. The number of rotatable bonds is 4. The molecule has 0 aliphatic carbocycles. The van der Waals surface area contributed by atoms with E-state index in [0.717, 1.165) is 12.2 Å². The van der Waals surface area contributed by atoms with Gasteiger partial charge in [-0.05, 0) is 19.9 Å². The molecule has 0 saturated heterocycles. The van der Waals surface area contributed by atoms with Crippen molar-refractivity contribution in [1.29, 1.82) is 0 Å². The Balaban J connectivity index is 2.49. The largest absolute Gasteiger partial charge is 0.307 e. The molecule has 1 N–H and O–H groups in total. The van der Waals surface area contributed by atoms with Crippen molar-refractivity contribution < 1.29 is 0 Å². The van der Waals surface area contributed by atoms with Crippen molar-refractivity contribution in [1.82, 2.24) is 15.1 Å². The summed E-state index contributed by atoms with van der Waals surface area (Å²) in [6.07, 6.45) is 0. The van der Waals surface area contributed by atoms with Crippen LogP contribution in [0.1, 0.15) is 18.3 Å². The molecule has 0 bridgehead atoms. The summed E-state index contributed by atoms with van der Waals surface area (Å²) in [4.78, 5) is 0. The predicted molar refractivity (Wildman–Crippen MR) is 55.0 cm³/mol. The summed E-state index contributed by atoms with van der Waals surface area (Å²) < 4.78 is 1.89. The van der Waals surface area contributed by atoms with Crippen LogP contribution in [0.3, 0.4) is 0 Å². The lowest BCUT2D eigenvalue weighted by molar-refractivity contribution is 0.563. The van der Waals surface area contributed by atoms with Crippen molar-refractivity contribution in [3.8, 4) is 0 Å². The fourth-order valence-electron chi connectivity index (χ4n) is 1.16. The molecule has 13 heavy (non-hydrogen) atoms. The van der Waals surface area contributed by atoms with Gasteiger partial charge in [-0.2, -0.15) is 5.10 Å². The van der Waals surface area contributed by atoms with Crippen molar-refractivity contribution in [2.24, 2.45) is 7.05 Å². The number of alkyl halides is 1. The maximum atomic E-state index is 5.68. The van der Waals surface area contributed by atoms with Gasteiger partial charge in [0, 0.05) is 25.5 Å². The number of nitrogens with one attached hydrogen (secondary N) is 1. The van der Waals surface area contributed by atoms with Gasteiger partial charge in [0.1, 0.15) is 0 Å². The molecule has 0 aliphatic heterocycles. The highest BCUT2D eigenvalue weighted by Gasteiger charge is 2.03. The van der Waals surface area contributed by atoms with Gasteiger partial charge in [-0.1, -0.05) is 0 Å². The van der Waals surface area contributed by atoms with E-state index in [1.54, 1.807) is 0 Å². The third-order valence-electron chi connectivity index (χ3n) is 1.96. The molecule has 1 aromatic heterocycles. The Kier molecular flexibility index (Phi) is 3.75. The summed E-state index contributed by atoms with van der Waals surface area (Å²) >= 11 is 5.68. The maximum Gasteiger partial charge on any atom is 0.0597 e. The Bertz CT molecular complexity index is 270. The predicted octanol–water partition coefficient (Wildman–Crippen LogP) is 1.45. The molecular weight excluding hydrogens is 186 g/mol. The molecule has 74 valence electrons. The Hall–Kier alpha value is -0.540. The second kappa shape index (κ2) is 4.63. The quantitative estimate of drug-likeness (QED) is 0.748. The Morgan fingerprint density at radius 1 is 1.69 bits per heavy atom. The Morgan fingerprint density at radius 3 is 2.85 bits per heavy atom. The van der Waals surface area contributed by atoms with Crippen LogP contribution in [0.2, 0.25) is 0 Å². The number of halogens is 1. The summed E-state index contributed by atoms with van der Waals surface area (Å²) in [5.41, 5.74) is 2.24. The molecule has 1 atom stereocenters. The zero-order valence-corrected chi connectivity index (χ0v) is 9.10. The van der Waals surface area contributed by atoms with E-state index in [1.807, 2.05) is 18.7 Å². The molecule has 0 saturated carbocycles. The van der Waals surface area contributed by atoms with E-state index in [4.69, 9.17) is 11.6 Å². The minimum absolute atomic E-state index is 0.344. The lowest BCUT2D eigenvalue weighted by atomic mass is 10.3. The molecule has 1 unspecified atom stereocenters. The number of hydrogen-bond acceptors (Lipinski definition) is 2. The van der Waals surface area contributed by atoms with Gasteiger partial charge in [0.05, 0.1) is 11.4 Å². The first-order valence-electron chi connectivity index (χ1n) is 4.42. The van der Waals surface area contributed by atoms with E-state index in [1.165, 1.54) is 5.69 Å². The molecule has 1 rings (SSSR count). The summed E-state index contributed by atoms with van der Waals surface area (Å²) in [6, 6.07) is 2.42. The molecule has 1 aromatic rings. The first-order valence-corrected chi connectivity index (χ1v) is 4.95. The van der Waals surface area contributed by atoms with Gasteiger partial charge >= 0.3 is 0 Å². The number of aromatic nitrogens is 2. The van der Waals surface area contributed by atoms with Gasteiger partial charge in [-0.15, -0.1) is 11.6 Å². The molecule has 0 radical (unpaired) electrons. The lowest BCUT2D eigenvalue weighted by Crippen LogP contribution is -2.27. The molecule has 0 fully saturated rings. The van der Waals surface area contributed by atoms with Crippen LogP contribution in [0.4, 0.5) is 0 Å². The topological polar surface area (TPSA) is 29.9 Å². The molecule has 0 amide bonds. The van der Waals surface area contributed by atoms with E-state index in [2.05, 4.69) is 23.4 Å². The molecule has 3 nitrogen and oxygen atoms in total. The second-order valence-electron chi connectivity index (χ2n) is 3.34. The standard InChI is InChI=1S/C9H16ClN3/c1-7-4-9(13(3)12-7)6-11-8(2)5-10/h4,8,11H,5-6H2,1-3H3. The smallest absolute Gasteiger partial charge is 0.0597 e. The lowest BCUT2D eigenvalue weighted by Gasteiger charge is -2.09. The number of aryl methyl sites for hydroxylation is 2. The molecule has 0 spiro atoms. The maximum absolute atomic E-state index is 5.68. The van der Waals surface area contributed by atoms with Gasteiger partial charge in [0.2, 0.25) is 0 Å². The monoisotopic (exact) mass is 201 g/mol. The summed E-state index contributed by atoms with van der Waals surface area (Å²) in [5.74, 6) is 0.636. The fourth-order valence-corrected chi connectivity index (χ4v) is 1.27. The van der Waals surface area contributed by atoms with Gasteiger partial charge in [-0.3, -0.25) is 4.68 Å². The highest BCUT2D eigenvalue weighted by molar-refractivity contribution is 6.18.